The number of halogens is 1. The Balaban J connectivity index is 1.49. The first-order valence-electron chi connectivity index (χ1n) is 13.8. The molecule has 0 saturated heterocycles. The first kappa shape index (κ1) is 23.7. The van der Waals surface area contributed by atoms with E-state index in [-0.39, 0.29) is 17.8 Å². The number of pyridine rings is 2. The highest BCUT2D eigenvalue weighted by molar-refractivity contribution is 5.69. The van der Waals surface area contributed by atoms with Crippen LogP contribution in [0, 0.1) is 5.82 Å². The normalized spacial score (nSPS) is 17.4. The second-order valence-electron chi connectivity index (χ2n) is 10.7. The number of fused-ring (bicyclic) bond motifs is 9. The van der Waals surface area contributed by atoms with Crippen LogP contribution in [0.5, 0.6) is 0 Å². The molecule has 190 valence electrons. The number of aromatic nitrogens is 2. The zero-order chi connectivity index (χ0) is 26.5. The number of hydrogen-bond donors (Lipinski definition) is 0. The molecule has 0 spiro atoms. The van der Waals surface area contributed by atoms with Crippen LogP contribution >= 0.6 is 0 Å². The Hall–Kier alpha value is -4.37. The number of allylic oxidation sites excluding steroid dienone is 1. The van der Waals surface area contributed by atoms with Crippen molar-refractivity contribution in [3.8, 4) is 33.6 Å². The van der Waals surface area contributed by atoms with Gasteiger partial charge in [-0.15, -0.1) is 0 Å². The Bertz CT molecular complexity index is 1730. The van der Waals surface area contributed by atoms with Crippen molar-refractivity contribution in [2.75, 3.05) is 0 Å². The molecule has 0 fully saturated rings. The van der Waals surface area contributed by atoms with Crippen LogP contribution < -0.4 is 9.13 Å². The van der Waals surface area contributed by atoms with Crippen LogP contribution in [0.4, 0.5) is 4.39 Å². The van der Waals surface area contributed by atoms with E-state index in [2.05, 4.69) is 101 Å². The largest absolute Gasteiger partial charge is 0.249 e. The number of hydrogen-bond acceptors (Lipinski definition) is 0. The van der Waals surface area contributed by atoms with Gasteiger partial charge in [-0.05, 0) is 78.4 Å². The molecule has 0 bridgehead atoms. The van der Waals surface area contributed by atoms with Crippen molar-refractivity contribution in [2.45, 2.75) is 38.1 Å². The van der Waals surface area contributed by atoms with Crippen molar-refractivity contribution in [2.24, 2.45) is 0 Å². The van der Waals surface area contributed by atoms with Crippen molar-refractivity contribution >= 4 is 5.70 Å². The van der Waals surface area contributed by atoms with Crippen LogP contribution in [0.3, 0.4) is 0 Å². The zero-order valence-corrected chi connectivity index (χ0v) is 22.1. The average Bonchev–Trinajstić information content (AvgIpc) is 3.04. The van der Waals surface area contributed by atoms with Crippen LogP contribution in [0.15, 0.2) is 116 Å². The molecule has 2 aromatic heterocycles. The smallest absolute Gasteiger partial charge is 0.207 e. The van der Waals surface area contributed by atoms with Crippen LogP contribution in [0.25, 0.3) is 39.3 Å². The predicted molar refractivity (Wildman–Crippen MR) is 154 cm³/mol. The number of nitrogens with zero attached hydrogens (tertiary/aromatic N) is 2. The molecule has 2 aliphatic rings. The highest BCUT2D eigenvalue weighted by atomic mass is 19.1. The van der Waals surface area contributed by atoms with Gasteiger partial charge >= 0.3 is 0 Å². The molecule has 5 aromatic rings. The van der Waals surface area contributed by atoms with Gasteiger partial charge < -0.3 is 0 Å². The Morgan fingerprint density at radius 3 is 2.38 bits per heavy atom. The van der Waals surface area contributed by atoms with Crippen molar-refractivity contribution < 1.29 is 13.5 Å². The topological polar surface area (TPSA) is 7.76 Å². The minimum absolute atomic E-state index is 0.0577. The Kier molecular flexibility index (Phi) is 5.73. The van der Waals surface area contributed by atoms with Crippen LogP contribution in [-0.4, -0.2) is 0 Å². The van der Waals surface area contributed by atoms with E-state index in [1.165, 1.54) is 45.6 Å². The van der Waals surface area contributed by atoms with E-state index >= 15 is 0 Å². The summed E-state index contributed by atoms with van der Waals surface area (Å²) in [5.74, 6) is 0.0512. The number of aryl methyl sites for hydroxylation is 2. The number of rotatable bonds is 2. The Labute approximate surface area is 229 Å². The van der Waals surface area contributed by atoms with Crippen LogP contribution in [0.2, 0.25) is 0 Å². The first-order chi connectivity index (χ1) is 19.1. The molecule has 39 heavy (non-hydrogen) atoms. The van der Waals surface area contributed by atoms with E-state index in [4.69, 9.17) is 6.58 Å². The van der Waals surface area contributed by atoms with Crippen molar-refractivity contribution in [1.29, 1.82) is 0 Å². The second-order valence-corrected chi connectivity index (χ2v) is 10.7. The van der Waals surface area contributed by atoms with Gasteiger partial charge in [0.05, 0.1) is 5.92 Å². The summed E-state index contributed by atoms with van der Waals surface area (Å²) >= 11 is 0. The molecule has 0 saturated carbocycles. The van der Waals surface area contributed by atoms with Crippen molar-refractivity contribution in [1.82, 2.24) is 0 Å². The summed E-state index contributed by atoms with van der Waals surface area (Å²) in [7, 11) is 0. The predicted octanol–water partition coefficient (Wildman–Crippen LogP) is 7.72. The molecule has 2 aliphatic heterocycles. The van der Waals surface area contributed by atoms with Crippen molar-refractivity contribution in [3.05, 3.63) is 139 Å². The van der Waals surface area contributed by atoms with E-state index < -0.39 is 0 Å². The average molecular weight is 511 g/mol. The van der Waals surface area contributed by atoms with Gasteiger partial charge in [0.15, 0.2) is 12.4 Å². The summed E-state index contributed by atoms with van der Waals surface area (Å²) in [5, 5.41) is 0. The molecule has 2 atom stereocenters. The molecular weight excluding hydrogens is 479 g/mol. The van der Waals surface area contributed by atoms with Crippen LogP contribution in [-0.2, 0) is 12.8 Å². The third-order valence-electron chi connectivity index (χ3n) is 8.57. The Morgan fingerprint density at radius 2 is 1.56 bits per heavy atom. The molecule has 0 radical (unpaired) electrons. The summed E-state index contributed by atoms with van der Waals surface area (Å²) in [6.45, 7) is 7.01. The molecule has 2 unspecified atom stereocenters. The quantitative estimate of drug-likeness (QED) is 0.215. The van der Waals surface area contributed by atoms with Gasteiger partial charge in [0, 0.05) is 34.9 Å². The van der Waals surface area contributed by atoms with Gasteiger partial charge in [-0.1, -0.05) is 55.5 Å². The molecule has 4 heterocycles. The lowest BCUT2D eigenvalue weighted by Crippen LogP contribution is -2.53. The molecule has 7 rings (SSSR count). The lowest BCUT2D eigenvalue weighted by atomic mass is 9.78. The monoisotopic (exact) mass is 510 g/mol. The van der Waals surface area contributed by atoms with E-state index in [1.54, 1.807) is 0 Å². The van der Waals surface area contributed by atoms with Crippen LogP contribution in [0.1, 0.15) is 42.0 Å². The molecule has 0 N–H and O–H groups in total. The van der Waals surface area contributed by atoms with Gasteiger partial charge in [0.2, 0.25) is 23.1 Å². The summed E-state index contributed by atoms with van der Waals surface area (Å²) in [5.41, 5.74) is 12.1. The summed E-state index contributed by atoms with van der Waals surface area (Å²) in [4.78, 5) is 0. The molecule has 0 amide bonds. The molecule has 2 nitrogen and oxygen atoms in total. The third-order valence-corrected chi connectivity index (χ3v) is 8.57. The maximum absolute atomic E-state index is 13.7. The minimum atomic E-state index is -0.226. The highest BCUT2D eigenvalue weighted by Gasteiger charge is 2.46. The van der Waals surface area contributed by atoms with Gasteiger partial charge in [-0.2, -0.15) is 9.13 Å². The summed E-state index contributed by atoms with van der Waals surface area (Å²) in [6, 6.07) is 33.4. The van der Waals surface area contributed by atoms with E-state index in [9.17, 15) is 4.39 Å². The summed E-state index contributed by atoms with van der Waals surface area (Å²) in [6.07, 6.45) is 7.47. The second kappa shape index (κ2) is 9.43. The SMILES string of the molecule is C=C1C2C(CCc3ccccc3-c3ccc(-c4ccc(F)cc4)c[n+]31)c1ccccc1-c1cc(CC)cc[n+]12. The van der Waals surface area contributed by atoms with Gasteiger partial charge in [-0.25, -0.2) is 4.39 Å². The zero-order valence-electron chi connectivity index (χ0n) is 22.1. The van der Waals surface area contributed by atoms with Gasteiger partial charge in [-0.3, -0.25) is 0 Å². The van der Waals surface area contributed by atoms with E-state index in [0.717, 1.165) is 41.8 Å². The molecule has 0 aliphatic carbocycles. The molecule has 3 heteroatoms. The van der Waals surface area contributed by atoms with E-state index in [1.807, 2.05) is 12.1 Å². The minimum Gasteiger partial charge on any atom is -0.207 e. The molecule has 3 aromatic carbocycles. The lowest BCUT2D eigenvalue weighted by Gasteiger charge is -2.29. The maximum Gasteiger partial charge on any atom is 0.249 e. The fourth-order valence-electron chi connectivity index (χ4n) is 6.57. The fourth-order valence-corrected chi connectivity index (χ4v) is 6.57. The van der Waals surface area contributed by atoms with Gasteiger partial charge in [0.25, 0.3) is 0 Å². The third kappa shape index (κ3) is 3.92. The highest BCUT2D eigenvalue weighted by Crippen LogP contribution is 2.45. The molecular formula is C36H31FN2+2. The maximum atomic E-state index is 13.7. The van der Waals surface area contributed by atoms with Gasteiger partial charge in [0.1, 0.15) is 5.82 Å². The number of benzene rings is 3. The fraction of sp³-hybridized carbons (Fsp3) is 0.167. The standard InChI is InChI=1S/C36H31FN2/c1-3-25-20-21-38-35(22-25)32-11-7-6-10-31(32)33-18-14-27-8-4-5-9-30(27)34-19-15-28(23-39(34)24(2)36(33)38)26-12-16-29(37)17-13-26/h4-13,15-17,19-23,33,36H,2-3,14,18H2,1H3/q+2. The lowest BCUT2D eigenvalue weighted by molar-refractivity contribution is -0.727. The summed E-state index contributed by atoms with van der Waals surface area (Å²) < 4.78 is 18.5. The van der Waals surface area contributed by atoms with E-state index in [0.29, 0.717) is 0 Å². The van der Waals surface area contributed by atoms with Crippen molar-refractivity contribution in [3.63, 3.8) is 0 Å². The first-order valence-corrected chi connectivity index (χ1v) is 13.8. The Morgan fingerprint density at radius 1 is 0.821 bits per heavy atom.